The van der Waals surface area contributed by atoms with Crippen molar-refractivity contribution in [3.63, 3.8) is 0 Å². The average Bonchev–Trinajstić information content (AvgIpc) is 2.86. The summed E-state index contributed by atoms with van der Waals surface area (Å²) in [5, 5.41) is 6.54. The number of ether oxygens (including phenoxy) is 1. The first-order chi connectivity index (χ1) is 10.8. The van der Waals surface area contributed by atoms with Crippen LogP contribution in [0.4, 0.5) is 4.79 Å². The first kappa shape index (κ1) is 18.3. The molecule has 5 heteroatoms. The predicted molar refractivity (Wildman–Crippen MR) is 96.7 cm³/mol. The Balaban J connectivity index is 1.89. The van der Waals surface area contributed by atoms with E-state index >= 15 is 0 Å². The van der Waals surface area contributed by atoms with Crippen LogP contribution < -0.4 is 10.6 Å². The van der Waals surface area contributed by atoms with E-state index in [1.165, 1.54) is 15.6 Å². The van der Waals surface area contributed by atoms with Crippen LogP contribution in [0, 0.1) is 0 Å². The molecular formula is C18H27BrN2O2. The van der Waals surface area contributed by atoms with Gasteiger partial charge in [-0.2, -0.15) is 0 Å². The molecule has 0 spiro atoms. The van der Waals surface area contributed by atoms with Crippen LogP contribution in [0.3, 0.4) is 0 Å². The third-order valence-electron chi connectivity index (χ3n) is 4.03. The molecule has 2 N–H and O–H groups in total. The number of nitrogens with one attached hydrogen (secondary N) is 2. The van der Waals surface area contributed by atoms with Gasteiger partial charge in [0.25, 0.3) is 0 Å². The molecule has 128 valence electrons. The summed E-state index contributed by atoms with van der Waals surface area (Å²) in [4.78, 5) is 11.8. The minimum absolute atomic E-state index is 0.234. The molecule has 1 aromatic rings. The summed E-state index contributed by atoms with van der Waals surface area (Å²) in [6, 6.07) is 6.97. The topological polar surface area (TPSA) is 50.4 Å². The highest BCUT2D eigenvalue weighted by atomic mass is 79.9. The second-order valence-corrected chi connectivity index (χ2v) is 7.91. The van der Waals surface area contributed by atoms with Crippen molar-refractivity contribution in [1.82, 2.24) is 10.6 Å². The van der Waals surface area contributed by atoms with Crippen molar-refractivity contribution in [1.29, 1.82) is 0 Å². The smallest absolute Gasteiger partial charge is 0.407 e. The van der Waals surface area contributed by atoms with Gasteiger partial charge < -0.3 is 15.4 Å². The summed E-state index contributed by atoms with van der Waals surface area (Å²) in [7, 11) is 0. The Labute approximate surface area is 147 Å². The molecule has 0 saturated heterocycles. The molecule has 1 amide bonds. The van der Waals surface area contributed by atoms with Gasteiger partial charge >= 0.3 is 6.09 Å². The van der Waals surface area contributed by atoms with Crippen molar-refractivity contribution in [3.8, 4) is 0 Å². The number of carbonyl (C=O) groups excluding carboxylic acids is 1. The summed E-state index contributed by atoms with van der Waals surface area (Å²) in [5.74, 6) is 0. The normalized spacial score (nSPS) is 18.4. The number of rotatable bonds is 5. The maximum atomic E-state index is 11.8. The van der Waals surface area contributed by atoms with E-state index < -0.39 is 5.60 Å². The molecule has 1 aromatic carbocycles. The molecule has 2 atom stereocenters. The summed E-state index contributed by atoms with van der Waals surface area (Å²) in [5.41, 5.74) is 2.31. The van der Waals surface area contributed by atoms with Crippen LogP contribution >= 0.6 is 15.9 Å². The molecule has 0 radical (unpaired) electrons. The second-order valence-electron chi connectivity index (χ2n) is 7.05. The first-order valence-corrected chi connectivity index (χ1v) is 9.09. The van der Waals surface area contributed by atoms with E-state index in [0.29, 0.717) is 12.6 Å². The van der Waals surface area contributed by atoms with Gasteiger partial charge in [0, 0.05) is 23.1 Å². The first-order valence-electron chi connectivity index (χ1n) is 8.30. The van der Waals surface area contributed by atoms with Gasteiger partial charge in [-0.1, -0.05) is 35.0 Å². The SMILES string of the molecule is CCC(CNC(=O)OC(C)(C)C)NC1CCc2c(Br)cccc21. The molecule has 2 rings (SSSR count). The van der Waals surface area contributed by atoms with E-state index in [0.717, 1.165) is 19.3 Å². The minimum atomic E-state index is -0.462. The number of carbonyl (C=O) groups is 1. The highest BCUT2D eigenvalue weighted by Gasteiger charge is 2.26. The third kappa shape index (κ3) is 5.21. The van der Waals surface area contributed by atoms with E-state index in [4.69, 9.17) is 4.74 Å². The molecular weight excluding hydrogens is 356 g/mol. The van der Waals surface area contributed by atoms with Gasteiger partial charge in [-0.05, 0) is 57.2 Å². The van der Waals surface area contributed by atoms with Crippen LogP contribution in [0.2, 0.25) is 0 Å². The standard InChI is InChI=1S/C18H27BrN2O2/c1-5-12(11-20-17(22)23-18(2,3)4)21-16-10-9-13-14(16)7-6-8-15(13)19/h6-8,12,16,21H,5,9-11H2,1-4H3,(H,20,22). The van der Waals surface area contributed by atoms with Gasteiger partial charge in [-0.15, -0.1) is 0 Å². The summed E-state index contributed by atoms with van der Waals surface area (Å²) in [6.07, 6.45) is 2.79. The van der Waals surface area contributed by atoms with Crippen molar-refractivity contribution in [2.75, 3.05) is 6.54 Å². The van der Waals surface area contributed by atoms with E-state index in [1.807, 2.05) is 20.8 Å². The predicted octanol–water partition coefficient (Wildman–Crippen LogP) is 4.33. The van der Waals surface area contributed by atoms with Crippen molar-refractivity contribution in [2.45, 2.75) is 64.6 Å². The second kappa shape index (κ2) is 7.67. The Bertz CT molecular complexity index is 554. The van der Waals surface area contributed by atoms with Crippen molar-refractivity contribution in [3.05, 3.63) is 33.8 Å². The maximum absolute atomic E-state index is 11.8. The molecule has 0 heterocycles. The zero-order chi connectivity index (χ0) is 17.0. The van der Waals surface area contributed by atoms with Gasteiger partial charge in [-0.25, -0.2) is 4.79 Å². The lowest BCUT2D eigenvalue weighted by Crippen LogP contribution is -2.43. The molecule has 4 nitrogen and oxygen atoms in total. The molecule has 0 aliphatic heterocycles. The lowest BCUT2D eigenvalue weighted by molar-refractivity contribution is 0.0521. The van der Waals surface area contributed by atoms with Gasteiger partial charge in [-0.3, -0.25) is 0 Å². The highest BCUT2D eigenvalue weighted by Crippen LogP contribution is 2.35. The zero-order valence-corrected chi connectivity index (χ0v) is 16.0. The number of hydrogen-bond donors (Lipinski definition) is 2. The molecule has 1 aliphatic carbocycles. The zero-order valence-electron chi connectivity index (χ0n) is 14.4. The Morgan fingerprint density at radius 2 is 2.17 bits per heavy atom. The van der Waals surface area contributed by atoms with E-state index in [2.05, 4.69) is 51.7 Å². The Morgan fingerprint density at radius 3 is 2.83 bits per heavy atom. The highest BCUT2D eigenvalue weighted by molar-refractivity contribution is 9.10. The Hall–Kier alpha value is -1.07. The molecule has 0 bridgehead atoms. The molecule has 23 heavy (non-hydrogen) atoms. The van der Waals surface area contributed by atoms with Crippen LogP contribution in [-0.4, -0.2) is 24.3 Å². The fraction of sp³-hybridized carbons (Fsp3) is 0.611. The fourth-order valence-corrected chi connectivity index (χ4v) is 3.49. The van der Waals surface area contributed by atoms with Crippen LogP contribution in [-0.2, 0) is 11.2 Å². The quantitative estimate of drug-likeness (QED) is 0.796. The summed E-state index contributed by atoms with van der Waals surface area (Å²) >= 11 is 3.63. The van der Waals surface area contributed by atoms with Crippen LogP contribution in [0.5, 0.6) is 0 Å². The minimum Gasteiger partial charge on any atom is -0.444 e. The van der Waals surface area contributed by atoms with Gasteiger partial charge in [0.05, 0.1) is 0 Å². The van der Waals surface area contributed by atoms with E-state index in [1.54, 1.807) is 0 Å². The van der Waals surface area contributed by atoms with E-state index in [-0.39, 0.29) is 12.1 Å². The number of fused-ring (bicyclic) bond motifs is 1. The number of amides is 1. The van der Waals surface area contributed by atoms with E-state index in [9.17, 15) is 4.79 Å². The van der Waals surface area contributed by atoms with Gasteiger partial charge in [0.15, 0.2) is 0 Å². The van der Waals surface area contributed by atoms with Crippen molar-refractivity contribution < 1.29 is 9.53 Å². The van der Waals surface area contributed by atoms with Gasteiger partial charge in [0.2, 0.25) is 0 Å². The Morgan fingerprint density at radius 1 is 1.43 bits per heavy atom. The molecule has 0 fully saturated rings. The van der Waals surface area contributed by atoms with Crippen LogP contribution in [0.15, 0.2) is 22.7 Å². The number of alkyl carbamates (subject to hydrolysis) is 1. The molecule has 0 aromatic heterocycles. The van der Waals surface area contributed by atoms with Crippen LogP contribution in [0.1, 0.15) is 57.7 Å². The number of hydrogen-bond acceptors (Lipinski definition) is 3. The lowest BCUT2D eigenvalue weighted by atomic mass is 10.1. The van der Waals surface area contributed by atoms with Crippen molar-refractivity contribution in [2.24, 2.45) is 0 Å². The fourth-order valence-electron chi connectivity index (χ4n) is 2.91. The summed E-state index contributed by atoms with van der Waals surface area (Å²) in [6.45, 7) is 8.32. The van der Waals surface area contributed by atoms with Crippen molar-refractivity contribution >= 4 is 22.0 Å². The maximum Gasteiger partial charge on any atom is 0.407 e. The van der Waals surface area contributed by atoms with Crippen LogP contribution in [0.25, 0.3) is 0 Å². The third-order valence-corrected chi connectivity index (χ3v) is 4.78. The Kier molecular flexibility index (Phi) is 6.09. The number of benzene rings is 1. The molecule has 0 saturated carbocycles. The molecule has 2 unspecified atom stereocenters. The summed E-state index contributed by atoms with van der Waals surface area (Å²) < 4.78 is 6.48. The largest absolute Gasteiger partial charge is 0.444 e. The average molecular weight is 383 g/mol. The van der Waals surface area contributed by atoms with Gasteiger partial charge in [0.1, 0.15) is 5.60 Å². The monoisotopic (exact) mass is 382 g/mol. The lowest BCUT2D eigenvalue weighted by Gasteiger charge is -2.24. The molecule has 1 aliphatic rings. The number of halogens is 1.